The Labute approximate surface area is 145 Å². The van der Waals surface area contributed by atoms with Crippen molar-refractivity contribution in [1.29, 1.82) is 0 Å². The second-order valence-electron chi connectivity index (χ2n) is 5.23. The molecule has 0 bridgehead atoms. The van der Waals surface area contributed by atoms with E-state index in [1.807, 2.05) is 6.07 Å². The molecule has 1 amide bonds. The maximum absolute atomic E-state index is 12.0. The van der Waals surface area contributed by atoms with Crippen molar-refractivity contribution in [2.45, 2.75) is 6.92 Å². The monoisotopic (exact) mass is 339 g/mol. The second kappa shape index (κ2) is 7.53. The van der Waals surface area contributed by atoms with Gasteiger partial charge in [0.25, 0.3) is 0 Å². The number of hydrogen-bond acceptors (Lipinski definition) is 5. The lowest BCUT2D eigenvalue weighted by Crippen LogP contribution is -2.08. The molecular weight excluding hydrogens is 322 g/mol. The van der Waals surface area contributed by atoms with Gasteiger partial charge in [-0.3, -0.25) is 4.79 Å². The average Bonchev–Trinajstić information content (AvgIpc) is 3.08. The summed E-state index contributed by atoms with van der Waals surface area (Å²) >= 11 is 0. The minimum absolute atomic E-state index is 0.213. The van der Waals surface area contributed by atoms with E-state index in [2.05, 4.69) is 5.32 Å². The van der Waals surface area contributed by atoms with Gasteiger partial charge in [0.05, 0.1) is 12.2 Å². The standard InChI is InChI=1S/C19H17NO5/c1-2-23-19(22)14-5-7-15(8-6-14)20-18(21)10-4-13-3-9-16-17(11-13)25-12-24-16/h3-11H,2,12H2,1H3,(H,20,21)/b10-4+. The van der Waals surface area contributed by atoms with Crippen LogP contribution in [-0.4, -0.2) is 25.3 Å². The van der Waals surface area contributed by atoms with E-state index in [0.717, 1.165) is 5.56 Å². The Kier molecular flexibility index (Phi) is 4.99. The fraction of sp³-hybridized carbons (Fsp3) is 0.158. The minimum atomic E-state index is -0.386. The Balaban J connectivity index is 1.59. The van der Waals surface area contributed by atoms with Crippen molar-refractivity contribution in [3.8, 4) is 11.5 Å². The van der Waals surface area contributed by atoms with E-state index in [0.29, 0.717) is 29.4 Å². The van der Waals surface area contributed by atoms with Crippen LogP contribution in [0.4, 0.5) is 5.69 Å². The molecule has 2 aromatic carbocycles. The molecule has 0 fully saturated rings. The van der Waals surface area contributed by atoms with Crippen LogP contribution in [0.1, 0.15) is 22.8 Å². The zero-order chi connectivity index (χ0) is 17.6. The smallest absolute Gasteiger partial charge is 0.338 e. The number of nitrogens with one attached hydrogen (secondary N) is 1. The van der Waals surface area contributed by atoms with Crippen molar-refractivity contribution < 1.29 is 23.8 Å². The van der Waals surface area contributed by atoms with Crippen molar-refractivity contribution in [3.05, 3.63) is 59.7 Å². The van der Waals surface area contributed by atoms with Crippen LogP contribution < -0.4 is 14.8 Å². The van der Waals surface area contributed by atoms with Crippen molar-refractivity contribution in [3.63, 3.8) is 0 Å². The first-order valence-electron chi connectivity index (χ1n) is 7.81. The predicted molar refractivity (Wildman–Crippen MR) is 92.6 cm³/mol. The van der Waals surface area contributed by atoms with Gasteiger partial charge in [-0.1, -0.05) is 6.07 Å². The number of fused-ring (bicyclic) bond motifs is 1. The van der Waals surface area contributed by atoms with Gasteiger partial charge in [-0.2, -0.15) is 0 Å². The Morgan fingerprint density at radius 1 is 1.12 bits per heavy atom. The van der Waals surface area contributed by atoms with Crippen LogP contribution in [-0.2, 0) is 9.53 Å². The summed E-state index contributed by atoms with van der Waals surface area (Å²) in [6.07, 6.45) is 3.11. The van der Waals surface area contributed by atoms with Gasteiger partial charge in [0, 0.05) is 11.8 Å². The first-order chi connectivity index (χ1) is 12.2. The number of benzene rings is 2. The highest BCUT2D eigenvalue weighted by Gasteiger charge is 2.12. The number of carbonyl (C=O) groups excluding carboxylic acids is 2. The number of anilines is 1. The Morgan fingerprint density at radius 2 is 1.88 bits per heavy atom. The fourth-order valence-corrected chi connectivity index (χ4v) is 2.28. The van der Waals surface area contributed by atoms with Gasteiger partial charge in [0.1, 0.15) is 0 Å². The molecule has 0 aromatic heterocycles. The van der Waals surface area contributed by atoms with Crippen molar-refractivity contribution >= 4 is 23.6 Å². The number of amides is 1. The molecule has 2 aromatic rings. The largest absolute Gasteiger partial charge is 0.462 e. The van der Waals surface area contributed by atoms with Crippen molar-refractivity contribution in [1.82, 2.24) is 0 Å². The van der Waals surface area contributed by atoms with Crippen LogP contribution in [0.3, 0.4) is 0 Å². The number of rotatable bonds is 5. The lowest BCUT2D eigenvalue weighted by Gasteiger charge is -2.04. The van der Waals surface area contributed by atoms with Crippen LogP contribution in [0, 0.1) is 0 Å². The molecule has 128 valence electrons. The molecule has 1 heterocycles. The molecule has 1 N–H and O–H groups in total. The van der Waals surface area contributed by atoms with E-state index in [9.17, 15) is 9.59 Å². The third kappa shape index (κ3) is 4.17. The molecule has 0 spiro atoms. The molecule has 0 saturated heterocycles. The Bertz CT molecular complexity index is 811. The maximum Gasteiger partial charge on any atom is 0.338 e. The average molecular weight is 339 g/mol. The maximum atomic E-state index is 12.0. The van der Waals surface area contributed by atoms with E-state index in [1.165, 1.54) is 6.08 Å². The topological polar surface area (TPSA) is 73.9 Å². The fourth-order valence-electron chi connectivity index (χ4n) is 2.28. The molecule has 6 nitrogen and oxygen atoms in total. The Hall–Kier alpha value is -3.28. The number of esters is 1. The summed E-state index contributed by atoms with van der Waals surface area (Å²) < 4.78 is 15.4. The second-order valence-corrected chi connectivity index (χ2v) is 5.23. The predicted octanol–water partition coefficient (Wildman–Crippen LogP) is 3.24. The van der Waals surface area contributed by atoms with Gasteiger partial charge in [-0.05, 0) is 55.0 Å². The van der Waals surface area contributed by atoms with Crippen molar-refractivity contribution in [2.24, 2.45) is 0 Å². The summed E-state index contributed by atoms with van der Waals surface area (Å²) in [5, 5.41) is 2.73. The van der Waals surface area contributed by atoms with Gasteiger partial charge in [0.15, 0.2) is 11.5 Å². The first-order valence-corrected chi connectivity index (χ1v) is 7.81. The first kappa shape index (κ1) is 16.6. The van der Waals surface area contributed by atoms with E-state index >= 15 is 0 Å². The molecule has 0 radical (unpaired) electrons. The number of carbonyl (C=O) groups is 2. The lowest BCUT2D eigenvalue weighted by molar-refractivity contribution is -0.111. The summed E-state index contributed by atoms with van der Waals surface area (Å²) in [6, 6.07) is 12.0. The summed E-state index contributed by atoms with van der Waals surface area (Å²) in [4.78, 5) is 23.6. The summed E-state index contributed by atoms with van der Waals surface area (Å²) in [6.45, 7) is 2.28. The van der Waals surface area contributed by atoms with Gasteiger partial charge in [-0.25, -0.2) is 4.79 Å². The lowest BCUT2D eigenvalue weighted by atomic mass is 10.2. The van der Waals surface area contributed by atoms with Gasteiger partial charge < -0.3 is 19.5 Å². The summed E-state index contributed by atoms with van der Waals surface area (Å²) in [7, 11) is 0. The zero-order valence-electron chi connectivity index (χ0n) is 13.7. The van der Waals surface area contributed by atoms with Gasteiger partial charge >= 0.3 is 5.97 Å². The highest BCUT2D eigenvalue weighted by atomic mass is 16.7. The number of hydrogen-bond donors (Lipinski definition) is 1. The molecule has 1 aliphatic heterocycles. The highest BCUT2D eigenvalue weighted by molar-refractivity contribution is 6.02. The van der Waals surface area contributed by atoms with Crippen LogP contribution in [0.2, 0.25) is 0 Å². The molecule has 0 saturated carbocycles. The Morgan fingerprint density at radius 3 is 2.64 bits per heavy atom. The van der Waals surface area contributed by atoms with E-state index < -0.39 is 0 Å². The van der Waals surface area contributed by atoms with Gasteiger partial charge in [0.2, 0.25) is 12.7 Å². The molecule has 1 aliphatic rings. The molecular formula is C19H17NO5. The summed E-state index contributed by atoms with van der Waals surface area (Å²) in [5.74, 6) is 0.699. The third-order valence-electron chi connectivity index (χ3n) is 3.49. The van der Waals surface area contributed by atoms with Crippen molar-refractivity contribution in [2.75, 3.05) is 18.7 Å². The van der Waals surface area contributed by atoms with E-state index in [-0.39, 0.29) is 18.7 Å². The van der Waals surface area contributed by atoms with Crippen LogP contribution in [0.25, 0.3) is 6.08 Å². The zero-order valence-corrected chi connectivity index (χ0v) is 13.7. The quantitative estimate of drug-likeness (QED) is 0.669. The molecule has 0 aliphatic carbocycles. The summed E-state index contributed by atoms with van der Waals surface area (Å²) in [5.41, 5.74) is 1.86. The molecule has 25 heavy (non-hydrogen) atoms. The van der Waals surface area contributed by atoms with E-state index in [4.69, 9.17) is 14.2 Å². The van der Waals surface area contributed by atoms with Crippen LogP contribution in [0.15, 0.2) is 48.5 Å². The molecule has 0 atom stereocenters. The number of ether oxygens (including phenoxy) is 3. The highest BCUT2D eigenvalue weighted by Crippen LogP contribution is 2.32. The van der Waals surface area contributed by atoms with E-state index in [1.54, 1.807) is 49.4 Å². The molecule has 0 unspecified atom stereocenters. The molecule has 3 rings (SSSR count). The van der Waals surface area contributed by atoms with Gasteiger partial charge in [-0.15, -0.1) is 0 Å². The minimum Gasteiger partial charge on any atom is -0.462 e. The molecule has 6 heteroatoms. The SMILES string of the molecule is CCOC(=O)c1ccc(NC(=O)/C=C/c2ccc3c(c2)OCO3)cc1. The van der Waals surface area contributed by atoms with Crippen LogP contribution in [0.5, 0.6) is 11.5 Å². The van der Waals surface area contributed by atoms with Crippen LogP contribution >= 0.6 is 0 Å². The normalized spacial score (nSPS) is 12.2. The third-order valence-corrected chi connectivity index (χ3v) is 3.49.